The number of anilines is 1. The summed E-state index contributed by atoms with van der Waals surface area (Å²) in [4.78, 5) is 8.32. The fraction of sp³-hybridized carbons (Fsp3) is 0.105. The van der Waals surface area contributed by atoms with Gasteiger partial charge in [0, 0.05) is 17.5 Å². The van der Waals surface area contributed by atoms with Crippen LogP contribution in [0.5, 0.6) is 0 Å². The Morgan fingerprint density at radius 2 is 1.88 bits per heavy atom. The van der Waals surface area contributed by atoms with Gasteiger partial charge in [0.15, 0.2) is 5.03 Å². The molecule has 130 valence electrons. The van der Waals surface area contributed by atoms with Crippen LogP contribution >= 0.6 is 0 Å². The first-order chi connectivity index (χ1) is 12.4. The van der Waals surface area contributed by atoms with Gasteiger partial charge in [-0.3, -0.25) is 9.71 Å². The van der Waals surface area contributed by atoms with Crippen molar-refractivity contribution in [3.8, 4) is 17.3 Å². The van der Waals surface area contributed by atoms with Crippen molar-refractivity contribution in [3.05, 3.63) is 71.5 Å². The maximum atomic E-state index is 12.6. The molecule has 0 aliphatic heterocycles. The van der Waals surface area contributed by atoms with Gasteiger partial charge in [-0.1, -0.05) is 18.2 Å². The van der Waals surface area contributed by atoms with Crippen LogP contribution in [0.2, 0.25) is 0 Å². The number of rotatable bonds is 4. The fourth-order valence-electron chi connectivity index (χ4n) is 2.39. The van der Waals surface area contributed by atoms with Gasteiger partial charge in [0.05, 0.1) is 16.9 Å². The summed E-state index contributed by atoms with van der Waals surface area (Å²) in [6.45, 7) is 3.55. The van der Waals surface area contributed by atoms with E-state index in [-0.39, 0.29) is 5.03 Å². The molecular weight excluding hydrogens is 348 g/mol. The van der Waals surface area contributed by atoms with E-state index < -0.39 is 10.0 Å². The van der Waals surface area contributed by atoms with E-state index in [9.17, 15) is 8.42 Å². The molecular formula is C19H16N4O2S. The first-order valence-electron chi connectivity index (χ1n) is 7.83. The zero-order chi connectivity index (χ0) is 18.7. The zero-order valence-corrected chi connectivity index (χ0v) is 15.1. The van der Waals surface area contributed by atoms with E-state index in [1.54, 1.807) is 37.3 Å². The molecule has 3 aromatic rings. The van der Waals surface area contributed by atoms with E-state index in [1.165, 1.54) is 12.3 Å². The lowest BCUT2D eigenvalue weighted by Crippen LogP contribution is -2.15. The molecule has 0 unspecified atom stereocenters. The van der Waals surface area contributed by atoms with Crippen LogP contribution in [0.25, 0.3) is 11.3 Å². The highest BCUT2D eigenvalue weighted by atomic mass is 32.2. The summed E-state index contributed by atoms with van der Waals surface area (Å²) in [6, 6.07) is 15.6. The Morgan fingerprint density at radius 1 is 1.08 bits per heavy atom. The van der Waals surface area contributed by atoms with Crippen LogP contribution in [0.3, 0.4) is 0 Å². The van der Waals surface area contributed by atoms with Gasteiger partial charge >= 0.3 is 0 Å². The number of hydrogen-bond acceptors (Lipinski definition) is 5. The Labute approximate surface area is 152 Å². The molecule has 0 saturated heterocycles. The molecule has 1 N–H and O–H groups in total. The SMILES string of the molecule is Cc1cccc(S(=O)(=O)Nc2cc(-c3ccc(C#N)cn3)ccc2C)n1. The molecule has 0 aliphatic carbocycles. The first kappa shape index (κ1) is 17.6. The number of pyridine rings is 2. The Kier molecular flexibility index (Phi) is 4.69. The average molecular weight is 364 g/mol. The van der Waals surface area contributed by atoms with E-state index in [0.717, 1.165) is 11.1 Å². The van der Waals surface area contributed by atoms with Gasteiger partial charge < -0.3 is 0 Å². The molecule has 0 spiro atoms. The number of nitrogens with one attached hydrogen (secondary N) is 1. The normalized spacial score (nSPS) is 11.0. The molecule has 0 aliphatic rings. The van der Waals surface area contributed by atoms with Crippen LogP contribution in [0.1, 0.15) is 16.8 Å². The molecule has 0 amide bonds. The number of sulfonamides is 1. The van der Waals surface area contributed by atoms with Crippen molar-refractivity contribution in [3.63, 3.8) is 0 Å². The summed E-state index contributed by atoms with van der Waals surface area (Å²) in [6.07, 6.45) is 1.48. The molecule has 0 saturated carbocycles. The third-order valence-corrected chi connectivity index (χ3v) is 5.08. The van der Waals surface area contributed by atoms with Gasteiger partial charge in [0.1, 0.15) is 6.07 Å². The second-order valence-electron chi connectivity index (χ2n) is 5.80. The highest BCUT2D eigenvalue weighted by Crippen LogP contribution is 2.26. The lowest BCUT2D eigenvalue weighted by Gasteiger charge is -2.12. The standard InChI is InChI=1S/C19H16N4O2S/c1-13-6-8-16(17-9-7-15(11-20)12-21-17)10-18(13)23-26(24,25)19-5-3-4-14(2)22-19/h3-10,12,23H,1-2H3. The van der Waals surface area contributed by atoms with Crippen molar-refractivity contribution in [1.82, 2.24) is 9.97 Å². The lowest BCUT2D eigenvalue weighted by atomic mass is 10.1. The van der Waals surface area contributed by atoms with Gasteiger partial charge in [-0.2, -0.15) is 13.7 Å². The molecule has 3 rings (SSSR count). The summed E-state index contributed by atoms with van der Waals surface area (Å²) < 4.78 is 27.8. The molecule has 2 heterocycles. The van der Waals surface area contributed by atoms with Gasteiger partial charge in [-0.05, 0) is 49.7 Å². The maximum Gasteiger partial charge on any atom is 0.279 e. The predicted octanol–water partition coefficient (Wildman–Crippen LogP) is 3.43. The summed E-state index contributed by atoms with van der Waals surface area (Å²) in [5, 5.41) is 8.83. The smallest absolute Gasteiger partial charge is 0.278 e. The minimum absolute atomic E-state index is 0.0289. The van der Waals surface area contributed by atoms with Crippen LogP contribution in [-0.4, -0.2) is 18.4 Å². The van der Waals surface area contributed by atoms with Crippen LogP contribution in [0, 0.1) is 25.2 Å². The molecule has 1 aromatic carbocycles. The van der Waals surface area contributed by atoms with Crippen LogP contribution < -0.4 is 4.72 Å². The Morgan fingerprint density at radius 3 is 2.54 bits per heavy atom. The minimum Gasteiger partial charge on any atom is -0.278 e. The number of benzene rings is 1. The van der Waals surface area contributed by atoms with E-state index in [4.69, 9.17) is 5.26 Å². The summed E-state index contributed by atoms with van der Waals surface area (Å²) >= 11 is 0. The topological polar surface area (TPSA) is 95.7 Å². The third kappa shape index (κ3) is 3.71. The third-order valence-electron chi connectivity index (χ3n) is 3.81. The minimum atomic E-state index is -3.79. The molecule has 0 bridgehead atoms. The van der Waals surface area contributed by atoms with Gasteiger partial charge in [0.2, 0.25) is 0 Å². The quantitative estimate of drug-likeness (QED) is 0.765. The van der Waals surface area contributed by atoms with Crippen LogP contribution in [0.15, 0.2) is 59.8 Å². The van der Waals surface area contributed by atoms with Crippen LogP contribution in [-0.2, 0) is 10.0 Å². The first-order valence-corrected chi connectivity index (χ1v) is 9.31. The number of nitrogens with zero attached hydrogens (tertiary/aromatic N) is 3. The van der Waals surface area contributed by atoms with Crippen molar-refractivity contribution < 1.29 is 8.42 Å². The second-order valence-corrected chi connectivity index (χ2v) is 7.43. The monoisotopic (exact) mass is 364 g/mol. The fourth-order valence-corrected chi connectivity index (χ4v) is 3.52. The second kappa shape index (κ2) is 6.94. The number of hydrogen-bond donors (Lipinski definition) is 1. The van der Waals surface area contributed by atoms with E-state index in [2.05, 4.69) is 14.7 Å². The summed E-state index contributed by atoms with van der Waals surface area (Å²) in [7, 11) is -3.79. The molecule has 0 atom stereocenters. The molecule has 2 aromatic heterocycles. The Bertz CT molecular complexity index is 1100. The van der Waals surface area contributed by atoms with Crippen LogP contribution in [0.4, 0.5) is 5.69 Å². The van der Waals surface area contributed by atoms with Crippen molar-refractivity contribution in [2.45, 2.75) is 18.9 Å². The molecule has 26 heavy (non-hydrogen) atoms. The molecule has 7 heteroatoms. The summed E-state index contributed by atoms with van der Waals surface area (Å²) in [5.41, 5.74) is 3.72. The van der Waals surface area contributed by atoms with Crippen molar-refractivity contribution in [2.75, 3.05) is 4.72 Å². The highest BCUT2D eigenvalue weighted by molar-refractivity contribution is 7.92. The predicted molar refractivity (Wildman–Crippen MR) is 98.9 cm³/mol. The Balaban J connectivity index is 1.96. The number of aromatic nitrogens is 2. The largest absolute Gasteiger partial charge is 0.279 e. The van der Waals surface area contributed by atoms with Gasteiger partial charge in [-0.25, -0.2) is 4.98 Å². The number of nitriles is 1. The highest BCUT2D eigenvalue weighted by Gasteiger charge is 2.17. The molecule has 0 radical (unpaired) electrons. The van der Waals surface area contributed by atoms with Crippen molar-refractivity contribution >= 4 is 15.7 Å². The van der Waals surface area contributed by atoms with E-state index in [0.29, 0.717) is 22.6 Å². The molecule has 6 nitrogen and oxygen atoms in total. The Hall–Kier alpha value is -3.24. The summed E-state index contributed by atoms with van der Waals surface area (Å²) in [5.74, 6) is 0. The maximum absolute atomic E-state index is 12.6. The van der Waals surface area contributed by atoms with Gasteiger partial charge in [-0.15, -0.1) is 0 Å². The van der Waals surface area contributed by atoms with E-state index >= 15 is 0 Å². The lowest BCUT2D eigenvalue weighted by molar-refractivity contribution is 0.597. The zero-order valence-electron chi connectivity index (χ0n) is 14.3. The van der Waals surface area contributed by atoms with E-state index in [1.807, 2.05) is 25.1 Å². The number of aryl methyl sites for hydroxylation is 2. The van der Waals surface area contributed by atoms with Crippen molar-refractivity contribution in [1.29, 1.82) is 5.26 Å². The van der Waals surface area contributed by atoms with Crippen molar-refractivity contribution in [2.24, 2.45) is 0 Å². The van der Waals surface area contributed by atoms with Gasteiger partial charge in [0.25, 0.3) is 10.0 Å². The molecule has 0 fully saturated rings. The average Bonchev–Trinajstić information content (AvgIpc) is 2.63.